The molecule has 0 unspecified atom stereocenters. The van der Waals surface area contributed by atoms with Gasteiger partial charge in [-0.2, -0.15) is 0 Å². The number of hydrazone groups is 1. The van der Waals surface area contributed by atoms with Crippen LogP contribution in [-0.4, -0.2) is 30.4 Å². The van der Waals surface area contributed by atoms with Crippen LogP contribution in [0.2, 0.25) is 0 Å². The summed E-state index contributed by atoms with van der Waals surface area (Å²) in [6.07, 6.45) is 4.28. The van der Waals surface area contributed by atoms with E-state index >= 15 is 0 Å². The second kappa shape index (κ2) is 10.0. The van der Waals surface area contributed by atoms with Crippen molar-refractivity contribution in [1.29, 1.82) is 0 Å². The van der Waals surface area contributed by atoms with Crippen LogP contribution in [0.5, 0.6) is 0 Å². The van der Waals surface area contributed by atoms with E-state index in [1.807, 2.05) is 35.7 Å². The van der Waals surface area contributed by atoms with Gasteiger partial charge < -0.3 is 9.64 Å². The normalized spacial score (nSPS) is 14.4. The van der Waals surface area contributed by atoms with Crippen LogP contribution in [0.1, 0.15) is 24.8 Å². The van der Waals surface area contributed by atoms with Crippen LogP contribution in [0.3, 0.4) is 0 Å². The number of carbonyl (C=O) groups excluding carboxylic acids is 1. The van der Waals surface area contributed by atoms with Crippen molar-refractivity contribution in [2.45, 2.75) is 25.7 Å². The van der Waals surface area contributed by atoms with E-state index in [0.29, 0.717) is 23.9 Å². The highest BCUT2D eigenvalue weighted by molar-refractivity contribution is 7.14. The van der Waals surface area contributed by atoms with Gasteiger partial charge in [0.15, 0.2) is 0 Å². The number of ether oxygens (including phenoxy) is 1. The zero-order chi connectivity index (χ0) is 20.6. The molecule has 7 heteroatoms. The number of nitrogens with one attached hydrogen (secondary N) is 1. The lowest BCUT2D eigenvalue weighted by Gasteiger charge is -2.28. The minimum Gasteiger partial charge on any atom is -0.412 e. The van der Waals surface area contributed by atoms with Crippen LogP contribution in [0.25, 0.3) is 11.3 Å². The maximum Gasteiger partial charge on any atom is 0.299 e. The van der Waals surface area contributed by atoms with E-state index in [9.17, 15) is 4.79 Å². The summed E-state index contributed by atoms with van der Waals surface area (Å²) < 4.78 is 5.01. The van der Waals surface area contributed by atoms with Crippen molar-refractivity contribution in [2.75, 3.05) is 23.4 Å². The molecule has 0 aliphatic carbocycles. The molecule has 1 saturated heterocycles. The van der Waals surface area contributed by atoms with Gasteiger partial charge in [-0.1, -0.05) is 42.5 Å². The van der Waals surface area contributed by atoms with Gasteiger partial charge in [0.2, 0.25) is 11.0 Å². The molecule has 6 nitrogen and oxygen atoms in total. The van der Waals surface area contributed by atoms with Crippen molar-refractivity contribution in [2.24, 2.45) is 5.10 Å². The van der Waals surface area contributed by atoms with Crippen LogP contribution >= 0.6 is 11.3 Å². The number of nitrogens with zero attached hydrogens (tertiary/aromatic N) is 3. The van der Waals surface area contributed by atoms with E-state index in [1.54, 1.807) is 0 Å². The van der Waals surface area contributed by atoms with Gasteiger partial charge in [0.25, 0.3) is 6.47 Å². The minimum atomic E-state index is 0.291. The standard InChI is InChI=1S/C23H24N4O2S/c28-17-29-22(15-18-7-3-1-4-8-18)25-26-23-24-21(16-30-23)19-9-11-20(12-10-19)27-13-5-2-6-14-27/h1,3-4,7-12,16-17H,2,5-6,13-15H2,(H,24,26)/b25-22+. The quantitative estimate of drug-likeness (QED) is 0.254. The Morgan fingerprint density at radius 1 is 1.10 bits per heavy atom. The lowest BCUT2D eigenvalue weighted by molar-refractivity contribution is -0.121. The zero-order valence-corrected chi connectivity index (χ0v) is 17.5. The summed E-state index contributed by atoms with van der Waals surface area (Å²) in [6.45, 7) is 2.66. The molecule has 0 atom stereocenters. The predicted molar refractivity (Wildman–Crippen MR) is 122 cm³/mol. The summed E-state index contributed by atoms with van der Waals surface area (Å²) in [7, 11) is 0. The molecule has 2 aromatic carbocycles. The third-order valence-electron chi connectivity index (χ3n) is 5.05. The molecule has 30 heavy (non-hydrogen) atoms. The Labute approximate surface area is 180 Å². The largest absolute Gasteiger partial charge is 0.412 e. The van der Waals surface area contributed by atoms with Gasteiger partial charge in [0.05, 0.1) is 12.1 Å². The molecule has 0 spiro atoms. The Hall–Kier alpha value is -3.19. The Balaban J connectivity index is 1.41. The third kappa shape index (κ3) is 5.24. The predicted octanol–water partition coefficient (Wildman–Crippen LogP) is 4.94. The molecule has 1 aliphatic heterocycles. The van der Waals surface area contributed by atoms with Gasteiger partial charge in [-0.05, 0) is 37.0 Å². The first kappa shape index (κ1) is 20.1. The SMILES string of the molecule is O=CO/C(Cc1ccccc1)=N/Nc1nc(-c2ccc(N3CCCCC3)cc2)cs1. The first-order valence-electron chi connectivity index (χ1n) is 10.1. The molecule has 0 radical (unpaired) electrons. The van der Waals surface area contributed by atoms with Gasteiger partial charge in [0.1, 0.15) is 0 Å². The molecule has 0 amide bonds. The van der Waals surface area contributed by atoms with E-state index in [-0.39, 0.29) is 0 Å². The number of hydrogen-bond donors (Lipinski definition) is 1. The van der Waals surface area contributed by atoms with Crippen molar-refractivity contribution < 1.29 is 9.53 Å². The molecular formula is C23H24N4O2S. The molecule has 1 aliphatic rings. The Kier molecular flexibility index (Phi) is 6.72. The van der Waals surface area contributed by atoms with Crippen LogP contribution in [0, 0.1) is 0 Å². The van der Waals surface area contributed by atoms with Gasteiger partial charge in [-0.15, -0.1) is 16.4 Å². The highest BCUT2D eigenvalue weighted by Crippen LogP contribution is 2.28. The van der Waals surface area contributed by atoms with Crippen molar-refractivity contribution in [3.05, 3.63) is 65.5 Å². The average Bonchev–Trinajstić information content (AvgIpc) is 3.28. The highest BCUT2D eigenvalue weighted by atomic mass is 32.1. The van der Waals surface area contributed by atoms with E-state index in [0.717, 1.165) is 29.9 Å². The molecule has 2 heterocycles. The van der Waals surface area contributed by atoms with E-state index in [1.165, 1.54) is 36.3 Å². The smallest absolute Gasteiger partial charge is 0.299 e. The number of anilines is 2. The van der Waals surface area contributed by atoms with Gasteiger partial charge in [0, 0.05) is 29.7 Å². The van der Waals surface area contributed by atoms with E-state index in [4.69, 9.17) is 4.74 Å². The first-order chi connectivity index (χ1) is 14.8. The van der Waals surface area contributed by atoms with Crippen molar-refractivity contribution in [1.82, 2.24) is 4.98 Å². The Morgan fingerprint density at radius 3 is 2.60 bits per heavy atom. The molecule has 0 saturated carbocycles. The fourth-order valence-electron chi connectivity index (χ4n) is 3.50. The van der Waals surface area contributed by atoms with Crippen LogP contribution in [0.4, 0.5) is 10.8 Å². The molecule has 4 rings (SSSR count). The number of rotatable bonds is 7. The molecule has 1 N–H and O–H groups in total. The molecule has 3 aromatic rings. The number of benzene rings is 2. The van der Waals surface area contributed by atoms with Crippen LogP contribution in [-0.2, 0) is 16.0 Å². The summed E-state index contributed by atoms with van der Waals surface area (Å²) in [5, 5.41) is 6.85. The molecule has 1 aromatic heterocycles. The van der Waals surface area contributed by atoms with Crippen LogP contribution in [0.15, 0.2) is 65.1 Å². The molecule has 0 bridgehead atoms. The lowest BCUT2D eigenvalue weighted by Crippen LogP contribution is -2.29. The van der Waals surface area contributed by atoms with Crippen molar-refractivity contribution in [3.8, 4) is 11.3 Å². The second-order valence-electron chi connectivity index (χ2n) is 7.13. The van der Waals surface area contributed by atoms with Crippen molar-refractivity contribution in [3.63, 3.8) is 0 Å². The van der Waals surface area contributed by atoms with Crippen molar-refractivity contribution >= 4 is 34.5 Å². The first-order valence-corrected chi connectivity index (χ1v) is 11.0. The van der Waals surface area contributed by atoms with Gasteiger partial charge >= 0.3 is 0 Å². The monoisotopic (exact) mass is 420 g/mol. The number of carbonyl (C=O) groups is 1. The summed E-state index contributed by atoms with van der Waals surface area (Å²) in [6, 6.07) is 18.3. The number of hydrogen-bond acceptors (Lipinski definition) is 7. The number of aromatic nitrogens is 1. The van der Waals surface area contributed by atoms with Gasteiger partial charge in [-0.3, -0.25) is 4.79 Å². The maximum absolute atomic E-state index is 10.8. The van der Waals surface area contributed by atoms with Gasteiger partial charge in [-0.25, -0.2) is 10.4 Å². The number of piperidine rings is 1. The van der Waals surface area contributed by atoms with E-state index in [2.05, 4.69) is 44.7 Å². The maximum atomic E-state index is 10.8. The average molecular weight is 421 g/mol. The third-order valence-corrected chi connectivity index (χ3v) is 5.79. The lowest BCUT2D eigenvalue weighted by atomic mass is 10.1. The fourth-order valence-corrected chi connectivity index (χ4v) is 4.16. The summed E-state index contributed by atoms with van der Waals surface area (Å²) in [5.74, 6) is 0.291. The second-order valence-corrected chi connectivity index (χ2v) is 7.98. The molecule has 1 fully saturated rings. The Bertz CT molecular complexity index is 980. The zero-order valence-electron chi connectivity index (χ0n) is 16.7. The molecular weight excluding hydrogens is 396 g/mol. The highest BCUT2D eigenvalue weighted by Gasteiger charge is 2.11. The minimum absolute atomic E-state index is 0.291. The summed E-state index contributed by atoms with van der Waals surface area (Å²) in [4.78, 5) is 17.8. The van der Waals surface area contributed by atoms with Crippen LogP contribution < -0.4 is 10.3 Å². The summed E-state index contributed by atoms with van der Waals surface area (Å²) in [5.41, 5.74) is 7.15. The van der Waals surface area contributed by atoms with E-state index < -0.39 is 0 Å². The fraction of sp³-hybridized carbons (Fsp3) is 0.261. The molecule has 154 valence electrons. The number of thiazole rings is 1. The summed E-state index contributed by atoms with van der Waals surface area (Å²) >= 11 is 1.46. The Morgan fingerprint density at radius 2 is 1.87 bits per heavy atom. The topological polar surface area (TPSA) is 66.8 Å².